The predicted octanol–water partition coefficient (Wildman–Crippen LogP) is 2.43. The first-order valence-corrected chi connectivity index (χ1v) is 5.32. The van der Waals surface area contributed by atoms with Gasteiger partial charge in [0.05, 0.1) is 6.10 Å². The van der Waals surface area contributed by atoms with Crippen molar-refractivity contribution in [3.63, 3.8) is 0 Å². The summed E-state index contributed by atoms with van der Waals surface area (Å²) in [6, 6.07) is 7.30. The maximum atomic E-state index is 9.46. The number of rotatable bonds is 1. The Bertz CT molecular complexity index is 353. The fourth-order valence-electron chi connectivity index (χ4n) is 2.18. The summed E-state index contributed by atoms with van der Waals surface area (Å²) in [5.74, 6) is 1.09. The molecule has 0 spiro atoms. The van der Waals surface area contributed by atoms with Crippen molar-refractivity contribution in [1.29, 1.82) is 0 Å². The quantitative estimate of drug-likeness (QED) is 0.690. The Morgan fingerprint density at radius 1 is 1.13 bits per heavy atom. The highest BCUT2D eigenvalue weighted by molar-refractivity contribution is 5.32. The van der Waals surface area contributed by atoms with E-state index in [1.54, 1.807) is 12.1 Å². The van der Waals surface area contributed by atoms with Crippen molar-refractivity contribution in [3.05, 3.63) is 42.0 Å². The zero-order valence-electron chi connectivity index (χ0n) is 8.80. The summed E-state index contributed by atoms with van der Waals surface area (Å²) in [6.07, 6.45) is 4.43. The van der Waals surface area contributed by atoms with Crippen LogP contribution in [0.2, 0.25) is 0 Å². The normalized spacial score (nSPS) is 30.4. The van der Waals surface area contributed by atoms with E-state index >= 15 is 0 Å². The second-order valence-corrected chi connectivity index (χ2v) is 4.28. The van der Waals surface area contributed by atoms with E-state index in [0.29, 0.717) is 17.6 Å². The van der Waals surface area contributed by atoms with Gasteiger partial charge >= 0.3 is 0 Å². The Hall–Kier alpha value is -1.28. The third kappa shape index (κ3) is 2.21. The molecule has 0 amide bonds. The smallest absolute Gasteiger partial charge is 0.115 e. The van der Waals surface area contributed by atoms with Crippen LogP contribution >= 0.6 is 0 Å². The molecule has 0 aliphatic heterocycles. The first-order valence-electron chi connectivity index (χ1n) is 5.32. The van der Waals surface area contributed by atoms with E-state index < -0.39 is 0 Å². The Morgan fingerprint density at radius 2 is 1.80 bits per heavy atom. The molecule has 2 heteroatoms. The monoisotopic (exact) mass is 204 g/mol. The molecule has 2 nitrogen and oxygen atoms in total. The van der Waals surface area contributed by atoms with Gasteiger partial charge in [0.15, 0.2) is 0 Å². The fraction of sp³-hybridized carbons (Fsp3) is 0.385. The topological polar surface area (TPSA) is 40.5 Å². The zero-order chi connectivity index (χ0) is 10.8. The van der Waals surface area contributed by atoms with Gasteiger partial charge in [0.25, 0.3) is 0 Å². The summed E-state index contributed by atoms with van der Waals surface area (Å²) in [4.78, 5) is 0. The number of aromatic hydroxyl groups is 1. The van der Waals surface area contributed by atoms with Crippen LogP contribution in [0.25, 0.3) is 0 Å². The van der Waals surface area contributed by atoms with Crippen LogP contribution in [0.3, 0.4) is 0 Å². The van der Waals surface area contributed by atoms with Crippen molar-refractivity contribution >= 4 is 0 Å². The summed E-state index contributed by atoms with van der Waals surface area (Å²) in [7, 11) is 0. The second-order valence-electron chi connectivity index (χ2n) is 4.28. The highest BCUT2D eigenvalue weighted by atomic mass is 16.3. The van der Waals surface area contributed by atoms with Crippen LogP contribution in [0.5, 0.6) is 5.75 Å². The standard InChI is InChI=1S/C13H16O2/c1-9-8-12(15)6-7-13(9)10-2-4-11(14)5-3-10/h2-7,9,12-15H,8H2,1H3. The van der Waals surface area contributed by atoms with E-state index in [1.165, 1.54) is 5.56 Å². The Balaban J connectivity index is 2.23. The van der Waals surface area contributed by atoms with Gasteiger partial charge in [-0.2, -0.15) is 0 Å². The van der Waals surface area contributed by atoms with Gasteiger partial charge in [0, 0.05) is 5.92 Å². The average molecular weight is 204 g/mol. The maximum absolute atomic E-state index is 9.46. The molecule has 1 aromatic rings. The van der Waals surface area contributed by atoms with E-state index in [9.17, 15) is 10.2 Å². The van der Waals surface area contributed by atoms with Gasteiger partial charge in [-0.05, 0) is 30.0 Å². The van der Waals surface area contributed by atoms with E-state index in [4.69, 9.17) is 0 Å². The lowest BCUT2D eigenvalue weighted by molar-refractivity contribution is 0.177. The molecule has 2 rings (SSSR count). The van der Waals surface area contributed by atoms with Crippen molar-refractivity contribution < 1.29 is 10.2 Å². The molecule has 3 atom stereocenters. The highest BCUT2D eigenvalue weighted by Gasteiger charge is 2.22. The minimum Gasteiger partial charge on any atom is -0.508 e. The molecule has 1 aliphatic rings. The van der Waals surface area contributed by atoms with Gasteiger partial charge < -0.3 is 10.2 Å². The summed E-state index contributed by atoms with van der Waals surface area (Å²) in [5.41, 5.74) is 1.20. The fourth-order valence-corrected chi connectivity index (χ4v) is 2.18. The SMILES string of the molecule is CC1CC(O)C=CC1c1ccc(O)cc1. The van der Waals surface area contributed by atoms with E-state index in [0.717, 1.165) is 6.42 Å². The number of phenols is 1. The minimum atomic E-state index is -0.298. The summed E-state index contributed by atoms with van der Waals surface area (Å²) in [6.45, 7) is 2.14. The first-order chi connectivity index (χ1) is 7.16. The molecular formula is C13H16O2. The molecule has 0 aromatic heterocycles. The number of benzene rings is 1. The van der Waals surface area contributed by atoms with Crippen molar-refractivity contribution in [1.82, 2.24) is 0 Å². The van der Waals surface area contributed by atoms with Crippen LogP contribution in [0.1, 0.15) is 24.8 Å². The molecule has 80 valence electrons. The van der Waals surface area contributed by atoms with Crippen LogP contribution in [-0.2, 0) is 0 Å². The predicted molar refractivity (Wildman–Crippen MR) is 59.8 cm³/mol. The zero-order valence-corrected chi connectivity index (χ0v) is 8.80. The van der Waals surface area contributed by atoms with Crippen LogP contribution < -0.4 is 0 Å². The lowest BCUT2D eigenvalue weighted by Gasteiger charge is -2.27. The molecule has 0 fully saturated rings. The number of allylic oxidation sites excluding steroid dienone is 1. The summed E-state index contributed by atoms with van der Waals surface area (Å²) < 4.78 is 0. The van der Waals surface area contributed by atoms with Crippen molar-refractivity contribution in [2.24, 2.45) is 5.92 Å². The Labute approximate surface area is 89.9 Å². The molecule has 2 N–H and O–H groups in total. The molecule has 1 aromatic carbocycles. The number of hydrogen-bond donors (Lipinski definition) is 2. The van der Waals surface area contributed by atoms with Crippen LogP contribution in [0.15, 0.2) is 36.4 Å². The molecular weight excluding hydrogens is 188 g/mol. The average Bonchev–Trinajstić information content (AvgIpc) is 2.20. The molecule has 1 aliphatic carbocycles. The van der Waals surface area contributed by atoms with Crippen molar-refractivity contribution in [3.8, 4) is 5.75 Å². The van der Waals surface area contributed by atoms with Crippen molar-refractivity contribution in [2.45, 2.75) is 25.4 Å². The largest absolute Gasteiger partial charge is 0.508 e. The third-order valence-electron chi connectivity index (χ3n) is 3.04. The molecule has 0 radical (unpaired) electrons. The third-order valence-corrected chi connectivity index (χ3v) is 3.04. The van der Waals surface area contributed by atoms with E-state index in [1.807, 2.05) is 18.2 Å². The van der Waals surface area contributed by atoms with Crippen molar-refractivity contribution in [2.75, 3.05) is 0 Å². The lowest BCUT2D eigenvalue weighted by atomic mass is 9.80. The van der Waals surface area contributed by atoms with Crippen LogP contribution in [0.4, 0.5) is 0 Å². The lowest BCUT2D eigenvalue weighted by Crippen LogP contribution is -2.19. The Morgan fingerprint density at radius 3 is 2.40 bits per heavy atom. The van der Waals surface area contributed by atoms with Crippen LogP contribution in [-0.4, -0.2) is 16.3 Å². The number of phenolic OH excluding ortho intramolecular Hbond substituents is 1. The first kappa shape index (κ1) is 10.2. The van der Waals surface area contributed by atoms with Gasteiger partial charge in [0.2, 0.25) is 0 Å². The van der Waals surface area contributed by atoms with E-state index in [2.05, 4.69) is 13.0 Å². The minimum absolute atomic E-state index is 0.297. The van der Waals surface area contributed by atoms with Gasteiger partial charge in [-0.25, -0.2) is 0 Å². The molecule has 0 saturated heterocycles. The number of aliphatic hydroxyl groups excluding tert-OH is 1. The van der Waals surface area contributed by atoms with E-state index in [-0.39, 0.29) is 6.10 Å². The highest BCUT2D eigenvalue weighted by Crippen LogP contribution is 2.33. The number of aliphatic hydroxyl groups is 1. The van der Waals surface area contributed by atoms with Crippen LogP contribution in [0, 0.1) is 5.92 Å². The molecule has 0 heterocycles. The molecule has 0 bridgehead atoms. The summed E-state index contributed by atoms with van der Waals surface area (Å²) in [5, 5.41) is 18.7. The van der Waals surface area contributed by atoms with Gasteiger partial charge in [-0.1, -0.05) is 31.2 Å². The number of hydrogen-bond acceptors (Lipinski definition) is 2. The van der Waals surface area contributed by atoms with Gasteiger partial charge in [-0.3, -0.25) is 0 Å². The molecule has 15 heavy (non-hydrogen) atoms. The summed E-state index contributed by atoms with van der Waals surface area (Å²) >= 11 is 0. The second kappa shape index (κ2) is 4.07. The maximum Gasteiger partial charge on any atom is 0.115 e. The molecule has 0 saturated carbocycles. The molecule has 3 unspecified atom stereocenters. The van der Waals surface area contributed by atoms with Gasteiger partial charge in [0.1, 0.15) is 5.75 Å². The Kier molecular flexibility index (Phi) is 2.78. The van der Waals surface area contributed by atoms with Gasteiger partial charge in [-0.15, -0.1) is 0 Å².